The number of hydrogen-bond donors (Lipinski definition) is 4. The number of carbonyl (C=O) groups is 2. The Labute approximate surface area is 133 Å². The molecule has 0 aliphatic heterocycles. The van der Waals surface area contributed by atoms with Crippen molar-refractivity contribution < 1.29 is 14.7 Å². The van der Waals surface area contributed by atoms with Gasteiger partial charge in [0.05, 0.1) is 23.2 Å². The quantitative estimate of drug-likeness (QED) is 0.620. The van der Waals surface area contributed by atoms with Crippen molar-refractivity contribution in [3.63, 3.8) is 0 Å². The lowest BCUT2D eigenvalue weighted by atomic mass is 10.1. The number of nitrogens with two attached hydrogens (primary N) is 1. The van der Waals surface area contributed by atoms with Gasteiger partial charge in [-0.05, 0) is 18.3 Å². The van der Waals surface area contributed by atoms with E-state index in [2.05, 4.69) is 9.97 Å². The minimum atomic E-state index is -1.23. The smallest absolute Gasteiger partial charge is 0.352 e. The van der Waals surface area contributed by atoms with Crippen LogP contribution >= 0.6 is 35.4 Å². The minimum absolute atomic E-state index is 0.000773. The topological polar surface area (TPSA) is 117 Å². The molecule has 10 heteroatoms. The largest absolute Gasteiger partial charge is 0.477 e. The first-order valence-corrected chi connectivity index (χ1v) is 6.83. The van der Waals surface area contributed by atoms with E-state index in [-0.39, 0.29) is 22.3 Å². The van der Waals surface area contributed by atoms with Crippen LogP contribution in [0.2, 0.25) is 10.2 Å². The molecule has 2 aromatic heterocycles. The summed E-state index contributed by atoms with van der Waals surface area (Å²) in [6.45, 7) is 0. The molecule has 0 radical (unpaired) electrons. The third-order valence-electron chi connectivity index (χ3n) is 2.83. The van der Waals surface area contributed by atoms with Gasteiger partial charge in [0.2, 0.25) is 5.91 Å². The highest BCUT2D eigenvalue weighted by atomic mass is 35.5. The number of imidazole rings is 1. The van der Waals surface area contributed by atoms with Gasteiger partial charge in [0.1, 0.15) is 10.8 Å². The monoisotopic (exact) mass is 348 g/mol. The van der Waals surface area contributed by atoms with E-state index >= 15 is 0 Å². The molecule has 21 heavy (non-hydrogen) atoms. The second-order valence-electron chi connectivity index (χ2n) is 4.23. The number of primary amides is 1. The summed E-state index contributed by atoms with van der Waals surface area (Å²) in [6, 6.07) is 0.447. The van der Waals surface area contributed by atoms with Crippen LogP contribution in [-0.2, 0) is 4.79 Å². The Morgan fingerprint density at radius 3 is 2.62 bits per heavy atom. The van der Waals surface area contributed by atoms with Crippen LogP contribution in [0.1, 0.15) is 28.6 Å². The van der Waals surface area contributed by atoms with Gasteiger partial charge in [-0.25, -0.2) is 4.79 Å². The van der Waals surface area contributed by atoms with E-state index in [1.807, 2.05) is 0 Å². The summed E-state index contributed by atoms with van der Waals surface area (Å²) < 4.78 is 1.55. The Hall–Kier alpha value is -1.77. The number of aromatic carboxylic acids is 1. The summed E-state index contributed by atoms with van der Waals surface area (Å²) in [5.41, 5.74) is 5.54. The number of nitrogens with one attached hydrogen (secondary N) is 2. The first-order chi connectivity index (χ1) is 9.81. The molecule has 0 bridgehead atoms. The molecule has 2 heterocycles. The predicted octanol–water partition coefficient (Wildman–Crippen LogP) is 2.34. The maximum atomic E-state index is 11.3. The van der Waals surface area contributed by atoms with E-state index in [4.69, 9.17) is 41.2 Å². The predicted molar refractivity (Wildman–Crippen MR) is 79.3 cm³/mol. The van der Waals surface area contributed by atoms with Crippen LogP contribution in [-0.4, -0.2) is 31.5 Å². The van der Waals surface area contributed by atoms with Gasteiger partial charge in [0.15, 0.2) is 4.77 Å². The number of hydrogen-bond acceptors (Lipinski definition) is 3. The van der Waals surface area contributed by atoms with Gasteiger partial charge < -0.3 is 25.4 Å². The zero-order valence-electron chi connectivity index (χ0n) is 10.4. The van der Waals surface area contributed by atoms with E-state index < -0.39 is 17.9 Å². The Morgan fingerprint density at radius 1 is 1.48 bits per heavy atom. The van der Waals surface area contributed by atoms with Gasteiger partial charge >= 0.3 is 5.97 Å². The molecule has 0 fully saturated rings. The maximum absolute atomic E-state index is 11.3. The second-order valence-corrected chi connectivity index (χ2v) is 5.40. The lowest BCUT2D eigenvalue weighted by Gasteiger charge is -2.19. The summed E-state index contributed by atoms with van der Waals surface area (Å²) in [4.78, 5) is 28.2. The van der Waals surface area contributed by atoms with Crippen LogP contribution in [0.4, 0.5) is 0 Å². The molecule has 7 nitrogen and oxygen atoms in total. The molecule has 0 spiro atoms. The Bertz CT molecular complexity index is 764. The van der Waals surface area contributed by atoms with Crippen molar-refractivity contribution in [3.8, 4) is 0 Å². The van der Waals surface area contributed by atoms with Crippen LogP contribution in [0.25, 0.3) is 0 Å². The molecule has 0 saturated carbocycles. The average molecular weight is 349 g/mol. The maximum Gasteiger partial charge on any atom is 0.352 e. The molecule has 1 amide bonds. The van der Waals surface area contributed by atoms with Gasteiger partial charge in [-0.3, -0.25) is 4.79 Å². The summed E-state index contributed by atoms with van der Waals surface area (Å²) >= 11 is 16.9. The van der Waals surface area contributed by atoms with Crippen molar-refractivity contribution in [2.75, 3.05) is 0 Å². The lowest BCUT2D eigenvalue weighted by Crippen LogP contribution is -2.23. The molecule has 0 aromatic carbocycles. The average Bonchev–Trinajstić information content (AvgIpc) is 2.93. The molecule has 2 aromatic rings. The van der Waals surface area contributed by atoms with E-state index in [9.17, 15) is 14.7 Å². The Morgan fingerprint density at radius 2 is 2.14 bits per heavy atom. The summed E-state index contributed by atoms with van der Waals surface area (Å²) in [7, 11) is 0. The Balaban J connectivity index is 2.64. The Kier molecular flexibility index (Phi) is 4.40. The van der Waals surface area contributed by atoms with Gasteiger partial charge in [-0.15, -0.1) is 0 Å². The van der Waals surface area contributed by atoms with Crippen molar-refractivity contribution in [1.82, 2.24) is 14.5 Å². The molecule has 1 atom stereocenters. The zero-order chi connectivity index (χ0) is 15.7. The van der Waals surface area contributed by atoms with Gasteiger partial charge in [0, 0.05) is 6.20 Å². The second kappa shape index (κ2) is 5.92. The fourth-order valence-electron chi connectivity index (χ4n) is 2.00. The van der Waals surface area contributed by atoms with Crippen molar-refractivity contribution in [3.05, 3.63) is 38.6 Å². The number of carboxylic acid groups (broad SMARTS) is 1. The summed E-state index contributed by atoms with van der Waals surface area (Å²) in [6.07, 6.45) is 1.35. The summed E-state index contributed by atoms with van der Waals surface area (Å²) in [5, 5.41) is 9.31. The number of carbonyl (C=O) groups excluding carboxylic acids is 1. The first kappa shape index (κ1) is 15.6. The van der Waals surface area contributed by atoms with Crippen molar-refractivity contribution in [2.24, 2.45) is 5.73 Å². The number of amides is 1. The number of aromatic amines is 2. The molecule has 5 N–H and O–H groups in total. The van der Waals surface area contributed by atoms with E-state index in [0.29, 0.717) is 10.5 Å². The van der Waals surface area contributed by atoms with Crippen LogP contribution in [0.15, 0.2) is 12.3 Å². The standard InChI is InChI=1S/C11H10Cl2N4O3S/c12-4-1-7(10(19)20)17(9(4)13)6(2-8(14)18)5-3-15-11(21)16-5/h1,3,6H,2H2,(H2,14,18)(H,19,20)(H2,15,16,21). The lowest BCUT2D eigenvalue weighted by molar-refractivity contribution is -0.118. The molecule has 0 aliphatic rings. The number of H-pyrrole nitrogens is 2. The number of rotatable bonds is 5. The van der Waals surface area contributed by atoms with Crippen LogP contribution in [0.5, 0.6) is 0 Å². The molecule has 0 saturated heterocycles. The SMILES string of the molecule is NC(=O)CC(c1c[nH]c(=S)[nH]1)n1c(C(=O)O)cc(Cl)c1Cl. The van der Waals surface area contributed by atoms with Crippen LogP contribution < -0.4 is 5.73 Å². The van der Waals surface area contributed by atoms with E-state index in [0.717, 1.165) is 0 Å². The van der Waals surface area contributed by atoms with E-state index in [1.165, 1.54) is 16.8 Å². The van der Waals surface area contributed by atoms with Crippen molar-refractivity contribution >= 4 is 47.3 Å². The normalized spacial score (nSPS) is 12.3. The number of nitrogens with zero attached hydrogens (tertiary/aromatic N) is 1. The highest BCUT2D eigenvalue weighted by Gasteiger charge is 2.27. The van der Waals surface area contributed by atoms with Crippen molar-refractivity contribution in [1.29, 1.82) is 0 Å². The molecule has 112 valence electrons. The fraction of sp³-hybridized carbons (Fsp3) is 0.182. The highest BCUT2D eigenvalue weighted by Crippen LogP contribution is 2.33. The number of carboxylic acids is 1. The number of halogens is 2. The molecule has 1 unspecified atom stereocenters. The molecule has 0 aliphatic carbocycles. The first-order valence-electron chi connectivity index (χ1n) is 5.66. The molecular weight excluding hydrogens is 339 g/mol. The van der Waals surface area contributed by atoms with Crippen LogP contribution in [0.3, 0.4) is 0 Å². The van der Waals surface area contributed by atoms with Crippen molar-refractivity contribution in [2.45, 2.75) is 12.5 Å². The fourth-order valence-corrected chi connectivity index (χ4v) is 2.63. The van der Waals surface area contributed by atoms with Crippen LogP contribution in [0, 0.1) is 4.77 Å². The third kappa shape index (κ3) is 3.12. The van der Waals surface area contributed by atoms with E-state index in [1.54, 1.807) is 0 Å². The third-order valence-corrected chi connectivity index (χ3v) is 3.82. The van der Waals surface area contributed by atoms with Gasteiger partial charge in [-0.2, -0.15) is 0 Å². The number of aromatic nitrogens is 3. The van der Waals surface area contributed by atoms with Gasteiger partial charge in [0.25, 0.3) is 0 Å². The zero-order valence-corrected chi connectivity index (χ0v) is 12.7. The minimum Gasteiger partial charge on any atom is -0.477 e. The van der Waals surface area contributed by atoms with Gasteiger partial charge in [-0.1, -0.05) is 23.2 Å². The highest BCUT2D eigenvalue weighted by molar-refractivity contribution is 7.71. The molecule has 2 rings (SSSR count). The molecular formula is C11H10Cl2N4O3S. The summed E-state index contributed by atoms with van der Waals surface area (Å²) in [5.74, 6) is -1.86.